The predicted molar refractivity (Wildman–Crippen MR) is 87.5 cm³/mol. The third kappa shape index (κ3) is 3.22. The molecule has 3 aromatic rings. The van der Waals surface area contributed by atoms with Crippen LogP contribution in [0.3, 0.4) is 0 Å². The number of amides is 1. The van der Waals surface area contributed by atoms with E-state index in [9.17, 15) is 4.79 Å². The molecule has 23 heavy (non-hydrogen) atoms. The number of hydrogen-bond acceptors (Lipinski definition) is 4. The van der Waals surface area contributed by atoms with Gasteiger partial charge in [-0.25, -0.2) is 4.98 Å². The second-order valence-corrected chi connectivity index (χ2v) is 6.21. The first kappa shape index (κ1) is 15.6. The lowest BCUT2D eigenvalue weighted by Crippen LogP contribution is -2.27. The highest BCUT2D eigenvalue weighted by Crippen LogP contribution is 2.19. The highest BCUT2D eigenvalue weighted by Gasteiger charge is 2.19. The molecule has 0 aliphatic rings. The lowest BCUT2D eigenvalue weighted by atomic mass is 10.1. The Labute approximate surface area is 138 Å². The summed E-state index contributed by atoms with van der Waals surface area (Å²) in [5, 5.41) is 4.48. The Kier molecular flexibility index (Phi) is 4.09. The normalized spacial score (nSPS) is 11.3. The van der Waals surface area contributed by atoms with Crippen molar-refractivity contribution in [2.45, 2.75) is 26.3 Å². The predicted octanol–water partition coefficient (Wildman–Crippen LogP) is 3.60. The van der Waals surface area contributed by atoms with Crippen LogP contribution in [0.2, 0.25) is 5.02 Å². The summed E-state index contributed by atoms with van der Waals surface area (Å²) in [6, 6.07) is 7.11. The zero-order chi connectivity index (χ0) is 16.6. The Morgan fingerprint density at radius 1 is 1.39 bits per heavy atom. The van der Waals surface area contributed by atoms with Gasteiger partial charge in [-0.2, -0.15) is 0 Å². The van der Waals surface area contributed by atoms with E-state index in [2.05, 4.69) is 15.1 Å². The molecule has 0 aliphatic heterocycles. The monoisotopic (exact) mass is 332 g/mol. The van der Waals surface area contributed by atoms with Crippen molar-refractivity contribution in [3.05, 3.63) is 46.6 Å². The molecule has 2 aromatic heterocycles. The Morgan fingerprint density at radius 2 is 2.17 bits per heavy atom. The minimum Gasteiger partial charge on any atom is -0.360 e. The second-order valence-electron chi connectivity index (χ2n) is 5.78. The van der Waals surface area contributed by atoms with Gasteiger partial charge in [-0.3, -0.25) is 4.79 Å². The minimum absolute atomic E-state index is 0.189. The molecule has 1 amide bonds. The van der Waals surface area contributed by atoms with E-state index in [1.54, 1.807) is 24.1 Å². The molecule has 0 saturated carbocycles. The summed E-state index contributed by atoms with van der Waals surface area (Å²) >= 11 is 5.96. The first-order chi connectivity index (χ1) is 10.9. The summed E-state index contributed by atoms with van der Waals surface area (Å²) < 4.78 is 5.17. The van der Waals surface area contributed by atoms with E-state index in [0.717, 1.165) is 11.0 Å². The number of imidazole rings is 1. The van der Waals surface area contributed by atoms with Crippen LogP contribution in [0.5, 0.6) is 0 Å². The highest BCUT2D eigenvalue weighted by atomic mass is 35.5. The standard InChI is InChI=1S/C16H17ClN4O2/c1-9(2)14-7-13(20-23-14)16(22)21(3)8-15-18-11-5-4-10(17)6-12(11)19-15/h4-7,9H,8H2,1-3H3,(H,18,19). The first-order valence-corrected chi connectivity index (χ1v) is 7.68. The molecular weight excluding hydrogens is 316 g/mol. The number of hydrogen-bond donors (Lipinski definition) is 1. The van der Waals surface area contributed by atoms with Crippen LogP contribution in [-0.2, 0) is 6.54 Å². The number of rotatable bonds is 4. The molecule has 1 N–H and O–H groups in total. The average Bonchev–Trinajstić information content (AvgIpc) is 3.12. The Balaban J connectivity index is 1.76. The van der Waals surface area contributed by atoms with Crippen LogP contribution in [-0.4, -0.2) is 33.0 Å². The molecule has 0 saturated heterocycles. The molecule has 1 aromatic carbocycles. The Bertz CT molecular complexity index is 853. The van der Waals surface area contributed by atoms with E-state index in [1.165, 1.54) is 0 Å². The van der Waals surface area contributed by atoms with Gasteiger partial charge in [-0.1, -0.05) is 30.6 Å². The number of fused-ring (bicyclic) bond motifs is 1. The maximum absolute atomic E-state index is 12.4. The molecular formula is C16H17ClN4O2. The van der Waals surface area contributed by atoms with Gasteiger partial charge < -0.3 is 14.4 Å². The quantitative estimate of drug-likeness (QED) is 0.792. The van der Waals surface area contributed by atoms with Crippen molar-refractivity contribution in [1.82, 2.24) is 20.0 Å². The van der Waals surface area contributed by atoms with Gasteiger partial charge in [-0.15, -0.1) is 0 Å². The molecule has 2 heterocycles. The smallest absolute Gasteiger partial charge is 0.276 e. The molecule has 0 radical (unpaired) electrons. The third-order valence-electron chi connectivity index (χ3n) is 3.54. The number of benzene rings is 1. The number of carbonyl (C=O) groups is 1. The van der Waals surface area contributed by atoms with E-state index in [0.29, 0.717) is 28.8 Å². The summed E-state index contributed by atoms with van der Waals surface area (Å²) in [7, 11) is 1.70. The van der Waals surface area contributed by atoms with Gasteiger partial charge in [0.05, 0.1) is 17.6 Å². The van der Waals surface area contributed by atoms with Crippen LogP contribution in [0.1, 0.15) is 41.8 Å². The molecule has 0 aliphatic carbocycles. The largest absolute Gasteiger partial charge is 0.360 e. The summed E-state index contributed by atoms with van der Waals surface area (Å²) in [6.07, 6.45) is 0. The van der Waals surface area contributed by atoms with Gasteiger partial charge in [0, 0.05) is 24.1 Å². The van der Waals surface area contributed by atoms with Crippen LogP contribution in [0, 0.1) is 0 Å². The van der Waals surface area contributed by atoms with Gasteiger partial charge in [-0.05, 0) is 18.2 Å². The summed E-state index contributed by atoms with van der Waals surface area (Å²) in [4.78, 5) is 21.6. The van der Waals surface area contributed by atoms with E-state index in [-0.39, 0.29) is 11.8 Å². The third-order valence-corrected chi connectivity index (χ3v) is 3.78. The number of aromatic amines is 1. The number of nitrogens with one attached hydrogen (secondary N) is 1. The van der Waals surface area contributed by atoms with Crippen LogP contribution in [0.15, 0.2) is 28.8 Å². The Morgan fingerprint density at radius 3 is 2.87 bits per heavy atom. The van der Waals surface area contributed by atoms with Crippen molar-refractivity contribution in [2.24, 2.45) is 0 Å². The number of carbonyl (C=O) groups excluding carboxylic acids is 1. The van der Waals surface area contributed by atoms with E-state index >= 15 is 0 Å². The highest BCUT2D eigenvalue weighted by molar-refractivity contribution is 6.31. The lowest BCUT2D eigenvalue weighted by Gasteiger charge is -2.13. The fraction of sp³-hybridized carbons (Fsp3) is 0.312. The van der Waals surface area contributed by atoms with E-state index in [1.807, 2.05) is 26.0 Å². The first-order valence-electron chi connectivity index (χ1n) is 7.30. The van der Waals surface area contributed by atoms with Crippen molar-refractivity contribution in [3.63, 3.8) is 0 Å². The zero-order valence-corrected chi connectivity index (χ0v) is 13.9. The number of H-pyrrole nitrogens is 1. The molecule has 120 valence electrons. The van der Waals surface area contributed by atoms with E-state index in [4.69, 9.17) is 16.1 Å². The van der Waals surface area contributed by atoms with Gasteiger partial charge in [0.25, 0.3) is 5.91 Å². The molecule has 0 atom stereocenters. The average molecular weight is 333 g/mol. The lowest BCUT2D eigenvalue weighted by molar-refractivity contribution is 0.0771. The molecule has 0 bridgehead atoms. The molecule has 0 spiro atoms. The zero-order valence-electron chi connectivity index (χ0n) is 13.1. The van der Waals surface area contributed by atoms with Gasteiger partial charge in [0.1, 0.15) is 11.6 Å². The second kappa shape index (κ2) is 6.04. The number of halogens is 1. The van der Waals surface area contributed by atoms with Gasteiger partial charge >= 0.3 is 0 Å². The molecule has 0 fully saturated rings. The molecule has 6 nitrogen and oxygen atoms in total. The van der Waals surface area contributed by atoms with Crippen LogP contribution in [0.25, 0.3) is 11.0 Å². The van der Waals surface area contributed by atoms with Gasteiger partial charge in [0.15, 0.2) is 5.69 Å². The molecule has 3 rings (SSSR count). The SMILES string of the molecule is CC(C)c1cc(C(=O)N(C)Cc2nc3ccc(Cl)cc3[nH]2)no1. The van der Waals surface area contributed by atoms with Crippen LogP contribution >= 0.6 is 11.6 Å². The van der Waals surface area contributed by atoms with Crippen molar-refractivity contribution in [3.8, 4) is 0 Å². The minimum atomic E-state index is -0.209. The van der Waals surface area contributed by atoms with Crippen LogP contribution in [0.4, 0.5) is 0 Å². The maximum atomic E-state index is 12.4. The number of aromatic nitrogens is 3. The van der Waals surface area contributed by atoms with E-state index < -0.39 is 0 Å². The molecule has 7 heteroatoms. The van der Waals surface area contributed by atoms with Crippen molar-refractivity contribution in [1.29, 1.82) is 0 Å². The summed E-state index contributed by atoms with van der Waals surface area (Å²) in [5.41, 5.74) is 1.96. The Hall–Kier alpha value is -2.34. The summed E-state index contributed by atoms with van der Waals surface area (Å²) in [5.74, 6) is 1.36. The van der Waals surface area contributed by atoms with Gasteiger partial charge in [0.2, 0.25) is 0 Å². The van der Waals surface area contributed by atoms with Crippen molar-refractivity contribution >= 4 is 28.5 Å². The fourth-order valence-corrected chi connectivity index (χ4v) is 2.44. The van der Waals surface area contributed by atoms with Crippen molar-refractivity contribution < 1.29 is 9.32 Å². The van der Waals surface area contributed by atoms with Crippen LogP contribution < -0.4 is 0 Å². The number of nitrogens with zero attached hydrogens (tertiary/aromatic N) is 3. The topological polar surface area (TPSA) is 75.0 Å². The summed E-state index contributed by atoms with van der Waals surface area (Å²) in [6.45, 7) is 4.31. The molecule has 0 unspecified atom stereocenters. The maximum Gasteiger partial charge on any atom is 0.276 e. The fourth-order valence-electron chi connectivity index (χ4n) is 2.26. The van der Waals surface area contributed by atoms with Crippen molar-refractivity contribution in [2.75, 3.05) is 7.05 Å².